The molecular formula is C28H27ClFN3O6. The summed E-state index contributed by atoms with van der Waals surface area (Å²) < 4.78 is 26.5. The van der Waals surface area contributed by atoms with Gasteiger partial charge in [0, 0.05) is 35.2 Å². The standard InChI is InChI=1S/C28H27ClFN3O6/c1-4-28(37)16-9-20-25-14(11-33(20)26(35)15(16)12-39-27(28)36)23-19(32(2)8-7-21(34)38-3)6-5-13-22(23)18(31-25)10-17(30)24(13)29/h9-10,19,37H,4-8,11-12H2,1-3H3/t19-,28-/m0/s1. The molecule has 4 heterocycles. The molecule has 0 unspecified atom stereocenters. The number of carbonyl (C=O) groups excluding carboxylic acids is 2. The number of nitrogens with zero attached hydrogens (tertiary/aromatic N) is 3. The van der Waals surface area contributed by atoms with Gasteiger partial charge in [0.25, 0.3) is 5.56 Å². The summed E-state index contributed by atoms with van der Waals surface area (Å²) in [5.41, 5.74) is 1.87. The normalized spacial score (nSPS) is 21.0. The fourth-order valence-electron chi connectivity index (χ4n) is 6.30. The number of cyclic esters (lactones) is 1. The molecule has 0 bridgehead atoms. The van der Waals surface area contributed by atoms with E-state index in [1.54, 1.807) is 17.6 Å². The van der Waals surface area contributed by atoms with Crippen molar-refractivity contribution in [2.75, 3.05) is 20.7 Å². The van der Waals surface area contributed by atoms with Crippen LogP contribution in [0.5, 0.6) is 0 Å². The van der Waals surface area contributed by atoms with Crippen molar-refractivity contribution in [1.29, 1.82) is 0 Å². The number of aromatic nitrogens is 2. The zero-order chi connectivity index (χ0) is 27.8. The summed E-state index contributed by atoms with van der Waals surface area (Å²) >= 11 is 6.43. The Kier molecular flexibility index (Phi) is 6.05. The van der Waals surface area contributed by atoms with E-state index in [4.69, 9.17) is 26.1 Å². The molecule has 0 amide bonds. The first-order valence-corrected chi connectivity index (χ1v) is 13.3. The molecule has 1 aliphatic carbocycles. The highest BCUT2D eigenvalue weighted by Gasteiger charge is 2.46. The van der Waals surface area contributed by atoms with E-state index >= 15 is 0 Å². The number of ether oxygens (including phenoxy) is 2. The molecule has 39 heavy (non-hydrogen) atoms. The predicted octanol–water partition coefficient (Wildman–Crippen LogP) is 3.35. The third-order valence-corrected chi connectivity index (χ3v) is 8.85. The lowest BCUT2D eigenvalue weighted by Crippen LogP contribution is -2.44. The zero-order valence-electron chi connectivity index (χ0n) is 21.8. The van der Waals surface area contributed by atoms with E-state index in [1.165, 1.54) is 13.2 Å². The first kappa shape index (κ1) is 25.9. The molecule has 2 aliphatic heterocycles. The summed E-state index contributed by atoms with van der Waals surface area (Å²) in [6.45, 7) is 2.07. The van der Waals surface area contributed by atoms with Crippen LogP contribution in [0.2, 0.25) is 5.02 Å². The predicted molar refractivity (Wildman–Crippen MR) is 140 cm³/mol. The highest BCUT2D eigenvalue weighted by atomic mass is 35.5. The molecule has 0 spiro atoms. The van der Waals surface area contributed by atoms with E-state index in [2.05, 4.69) is 4.90 Å². The summed E-state index contributed by atoms with van der Waals surface area (Å²) in [4.78, 5) is 44.9. The molecule has 1 N–H and O–H groups in total. The number of carbonyl (C=O) groups is 2. The Morgan fingerprint density at radius 1 is 1.33 bits per heavy atom. The number of pyridine rings is 2. The smallest absolute Gasteiger partial charge is 0.343 e. The van der Waals surface area contributed by atoms with Gasteiger partial charge in [0.15, 0.2) is 5.60 Å². The Morgan fingerprint density at radius 2 is 2.10 bits per heavy atom. The van der Waals surface area contributed by atoms with Gasteiger partial charge in [0.05, 0.1) is 47.6 Å². The lowest BCUT2D eigenvalue weighted by Gasteiger charge is -2.34. The maximum Gasteiger partial charge on any atom is 0.343 e. The van der Waals surface area contributed by atoms with Crippen LogP contribution in [0.25, 0.3) is 22.3 Å². The number of methoxy groups -OCH3 is 1. The average molecular weight is 556 g/mol. The van der Waals surface area contributed by atoms with Crippen LogP contribution in [-0.2, 0) is 44.2 Å². The quantitative estimate of drug-likeness (QED) is 0.373. The number of aryl methyl sites for hydroxylation is 1. The lowest BCUT2D eigenvalue weighted by molar-refractivity contribution is -0.172. The van der Waals surface area contributed by atoms with E-state index in [1.807, 2.05) is 7.05 Å². The topological polar surface area (TPSA) is 111 Å². The molecule has 6 rings (SSSR count). The average Bonchev–Trinajstić information content (AvgIpc) is 3.31. The molecule has 0 saturated heterocycles. The minimum absolute atomic E-state index is 0.0329. The molecule has 11 heteroatoms. The van der Waals surface area contributed by atoms with Crippen molar-refractivity contribution in [3.05, 3.63) is 61.1 Å². The summed E-state index contributed by atoms with van der Waals surface area (Å²) in [7, 11) is 3.27. The number of hydrogen-bond donors (Lipinski definition) is 1. The van der Waals surface area contributed by atoms with Crippen LogP contribution in [0.15, 0.2) is 16.9 Å². The third kappa shape index (κ3) is 3.65. The van der Waals surface area contributed by atoms with Gasteiger partial charge in [0.1, 0.15) is 12.4 Å². The summed E-state index contributed by atoms with van der Waals surface area (Å²) in [5.74, 6) is -1.69. The van der Waals surface area contributed by atoms with Gasteiger partial charge in [-0.3, -0.25) is 14.5 Å². The van der Waals surface area contributed by atoms with E-state index in [9.17, 15) is 23.9 Å². The molecule has 1 aromatic carbocycles. The van der Waals surface area contributed by atoms with Crippen LogP contribution < -0.4 is 5.56 Å². The van der Waals surface area contributed by atoms with Gasteiger partial charge in [-0.1, -0.05) is 18.5 Å². The van der Waals surface area contributed by atoms with E-state index in [-0.39, 0.29) is 59.7 Å². The maximum absolute atomic E-state index is 14.9. The van der Waals surface area contributed by atoms with Gasteiger partial charge >= 0.3 is 11.9 Å². The van der Waals surface area contributed by atoms with Crippen LogP contribution >= 0.6 is 11.6 Å². The van der Waals surface area contributed by atoms with Crippen LogP contribution in [0, 0.1) is 5.82 Å². The van der Waals surface area contributed by atoms with Crippen molar-refractivity contribution in [1.82, 2.24) is 14.5 Å². The molecule has 3 aliphatic rings. The zero-order valence-corrected chi connectivity index (χ0v) is 22.5. The molecule has 0 fully saturated rings. The molecule has 0 radical (unpaired) electrons. The summed E-state index contributed by atoms with van der Waals surface area (Å²) in [5, 5.41) is 12.0. The molecule has 2 aromatic heterocycles. The number of fused-ring (bicyclic) bond motifs is 5. The first-order valence-electron chi connectivity index (χ1n) is 12.9. The number of halogens is 2. The fourth-order valence-corrected chi connectivity index (χ4v) is 6.54. The number of hydrogen-bond acceptors (Lipinski definition) is 8. The van der Waals surface area contributed by atoms with Crippen molar-refractivity contribution in [3.8, 4) is 11.4 Å². The van der Waals surface area contributed by atoms with Gasteiger partial charge in [0.2, 0.25) is 0 Å². The van der Waals surface area contributed by atoms with Gasteiger partial charge in [-0.15, -0.1) is 0 Å². The molecular weight excluding hydrogens is 529 g/mol. The van der Waals surface area contributed by atoms with Crippen LogP contribution in [-0.4, -0.2) is 52.2 Å². The van der Waals surface area contributed by atoms with Crippen molar-refractivity contribution in [2.24, 2.45) is 0 Å². The van der Waals surface area contributed by atoms with Gasteiger partial charge < -0.3 is 19.1 Å². The molecule has 9 nitrogen and oxygen atoms in total. The second kappa shape index (κ2) is 9.11. The molecule has 2 atom stereocenters. The Bertz CT molecular complexity index is 1650. The Labute approximate surface area is 228 Å². The minimum Gasteiger partial charge on any atom is -0.469 e. The number of aliphatic hydroxyl groups is 1. The number of rotatable bonds is 5. The van der Waals surface area contributed by atoms with Gasteiger partial charge in [-0.05, 0) is 43.5 Å². The number of esters is 2. The fraction of sp³-hybridized carbons (Fsp3) is 0.429. The van der Waals surface area contributed by atoms with Crippen molar-refractivity contribution in [3.63, 3.8) is 0 Å². The summed E-state index contributed by atoms with van der Waals surface area (Å²) in [6.07, 6.45) is 1.38. The first-order chi connectivity index (χ1) is 18.6. The SMILES string of the molecule is CC[C@@]1(O)C(=O)OCc2c1cc1n(c2=O)Cc2c-1nc1cc(F)c(Cl)c3c1c2[C@@H](N(C)CCC(=O)OC)CC3. The molecule has 3 aromatic rings. The van der Waals surface area contributed by atoms with E-state index in [0.717, 1.165) is 16.5 Å². The Morgan fingerprint density at radius 3 is 2.82 bits per heavy atom. The monoisotopic (exact) mass is 555 g/mol. The van der Waals surface area contributed by atoms with Crippen molar-refractivity contribution >= 4 is 34.4 Å². The Balaban J connectivity index is 1.60. The van der Waals surface area contributed by atoms with Crippen molar-refractivity contribution < 1.29 is 28.6 Å². The summed E-state index contributed by atoms with van der Waals surface area (Å²) in [6, 6.07) is 2.80. The largest absolute Gasteiger partial charge is 0.469 e. The van der Waals surface area contributed by atoms with Crippen molar-refractivity contribution in [2.45, 2.75) is 57.4 Å². The highest BCUT2D eigenvalue weighted by molar-refractivity contribution is 6.32. The molecule has 204 valence electrons. The lowest BCUT2D eigenvalue weighted by atomic mass is 9.82. The number of benzene rings is 1. The van der Waals surface area contributed by atoms with Crippen LogP contribution in [0.3, 0.4) is 0 Å². The maximum atomic E-state index is 14.9. The highest BCUT2D eigenvalue weighted by Crippen LogP contribution is 2.48. The van der Waals surface area contributed by atoms with Crippen LogP contribution in [0.1, 0.15) is 60.0 Å². The van der Waals surface area contributed by atoms with E-state index < -0.39 is 17.4 Å². The Hall–Kier alpha value is -3.34. The van der Waals surface area contributed by atoms with Gasteiger partial charge in [-0.2, -0.15) is 0 Å². The molecule has 0 saturated carbocycles. The van der Waals surface area contributed by atoms with Gasteiger partial charge in [-0.25, -0.2) is 14.2 Å². The van der Waals surface area contributed by atoms with E-state index in [0.29, 0.717) is 41.9 Å². The second-order valence-corrected chi connectivity index (χ2v) is 10.7. The van der Waals surface area contributed by atoms with Crippen LogP contribution in [0.4, 0.5) is 4.39 Å². The third-order valence-electron chi connectivity index (χ3n) is 8.44. The minimum atomic E-state index is -1.94. The second-order valence-electron chi connectivity index (χ2n) is 10.4.